The number of aliphatic carboxylic acids is 1. The van der Waals surface area contributed by atoms with Crippen LogP contribution >= 0.6 is 0 Å². The molecule has 9 N–H and O–H groups in total. The van der Waals surface area contributed by atoms with E-state index in [0.717, 1.165) is 0 Å². The molecule has 0 radical (unpaired) electrons. The molecule has 1 rings (SSSR count). The minimum absolute atomic E-state index is 0.00962. The monoisotopic (exact) mass is 396 g/mol. The maximum atomic E-state index is 12.3. The lowest BCUT2D eigenvalue weighted by Gasteiger charge is -2.21. The number of carbonyl (C=O) groups is 4. The standard InChI is InChI=1S/C17H24N4O7/c18-11(5-6-14(19)24)15(25)21-13(8-22)16(26)20-12(17(27)28)7-9-1-3-10(23)4-2-9/h1-4,11-13,22-23H,5-8,18H2,(H2,19,24)(H,20,26)(H,21,25)(H,27,28). The molecule has 0 heterocycles. The van der Waals surface area contributed by atoms with Crippen LogP contribution in [-0.2, 0) is 25.6 Å². The van der Waals surface area contributed by atoms with E-state index in [-0.39, 0.29) is 25.0 Å². The van der Waals surface area contributed by atoms with Crippen molar-refractivity contribution in [3.8, 4) is 5.75 Å². The Kier molecular flexibility index (Phi) is 8.85. The molecule has 0 aliphatic rings. The van der Waals surface area contributed by atoms with Gasteiger partial charge in [0.05, 0.1) is 12.6 Å². The highest BCUT2D eigenvalue weighted by Crippen LogP contribution is 2.11. The average Bonchev–Trinajstić information content (AvgIpc) is 2.64. The van der Waals surface area contributed by atoms with Crippen LogP contribution in [0.15, 0.2) is 24.3 Å². The van der Waals surface area contributed by atoms with Gasteiger partial charge in [0.1, 0.15) is 17.8 Å². The Hall–Kier alpha value is -3.18. The minimum Gasteiger partial charge on any atom is -0.508 e. The number of benzene rings is 1. The van der Waals surface area contributed by atoms with Gasteiger partial charge in [-0.05, 0) is 24.1 Å². The van der Waals surface area contributed by atoms with Gasteiger partial charge in [-0.15, -0.1) is 0 Å². The van der Waals surface area contributed by atoms with Crippen LogP contribution in [0.5, 0.6) is 5.75 Å². The number of amides is 3. The van der Waals surface area contributed by atoms with Gasteiger partial charge in [0.25, 0.3) is 0 Å². The summed E-state index contributed by atoms with van der Waals surface area (Å²) in [6.45, 7) is -0.786. The summed E-state index contributed by atoms with van der Waals surface area (Å²) in [5.74, 6) is -3.65. The Bertz CT molecular complexity index is 708. The normalized spacial score (nSPS) is 13.8. The van der Waals surface area contributed by atoms with Crippen LogP contribution in [0.3, 0.4) is 0 Å². The second-order valence-corrected chi connectivity index (χ2v) is 6.13. The number of carboxylic acid groups (broad SMARTS) is 1. The van der Waals surface area contributed by atoms with E-state index in [2.05, 4.69) is 10.6 Å². The number of aliphatic hydroxyl groups is 1. The molecule has 0 spiro atoms. The number of nitrogens with two attached hydrogens (primary N) is 2. The molecule has 0 saturated carbocycles. The molecule has 3 amide bonds. The van der Waals surface area contributed by atoms with Crippen LogP contribution in [0.2, 0.25) is 0 Å². The second kappa shape index (κ2) is 10.8. The van der Waals surface area contributed by atoms with Crippen molar-refractivity contribution in [1.82, 2.24) is 10.6 Å². The third-order valence-corrected chi connectivity index (χ3v) is 3.84. The predicted molar refractivity (Wildman–Crippen MR) is 96.8 cm³/mol. The molecule has 11 nitrogen and oxygen atoms in total. The van der Waals surface area contributed by atoms with Gasteiger partial charge < -0.3 is 37.4 Å². The van der Waals surface area contributed by atoms with Crippen molar-refractivity contribution in [2.45, 2.75) is 37.4 Å². The lowest BCUT2D eigenvalue weighted by molar-refractivity contribution is -0.142. The maximum Gasteiger partial charge on any atom is 0.326 e. The summed E-state index contributed by atoms with van der Waals surface area (Å²) in [7, 11) is 0. The van der Waals surface area contributed by atoms with Gasteiger partial charge in [-0.25, -0.2) is 4.79 Å². The lowest BCUT2D eigenvalue weighted by Crippen LogP contribution is -2.56. The van der Waals surface area contributed by atoms with E-state index < -0.39 is 48.4 Å². The van der Waals surface area contributed by atoms with E-state index in [1.54, 1.807) is 0 Å². The van der Waals surface area contributed by atoms with Crippen LogP contribution < -0.4 is 22.1 Å². The predicted octanol–water partition coefficient (Wildman–Crippen LogP) is -2.43. The first-order valence-electron chi connectivity index (χ1n) is 8.40. The zero-order valence-corrected chi connectivity index (χ0v) is 15.0. The molecule has 0 aliphatic heterocycles. The quantitative estimate of drug-likeness (QED) is 0.214. The fourth-order valence-electron chi connectivity index (χ4n) is 2.24. The molecule has 3 atom stereocenters. The molecular weight excluding hydrogens is 372 g/mol. The number of nitrogens with one attached hydrogen (secondary N) is 2. The number of carboxylic acids is 1. The van der Waals surface area contributed by atoms with Crippen LogP contribution in [0, 0.1) is 0 Å². The number of aliphatic hydroxyl groups excluding tert-OH is 1. The average molecular weight is 396 g/mol. The second-order valence-electron chi connectivity index (χ2n) is 6.13. The number of phenols is 1. The highest BCUT2D eigenvalue weighted by molar-refractivity contribution is 5.92. The van der Waals surface area contributed by atoms with Gasteiger partial charge in [-0.2, -0.15) is 0 Å². The first-order valence-corrected chi connectivity index (χ1v) is 8.40. The van der Waals surface area contributed by atoms with Gasteiger partial charge >= 0.3 is 5.97 Å². The third kappa shape index (κ3) is 7.60. The summed E-state index contributed by atoms with van der Waals surface area (Å²) in [5, 5.41) is 32.4. The van der Waals surface area contributed by atoms with Crippen LogP contribution in [-0.4, -0.2) is 63.7 Å². The molecule has 3 unspecified atom stereocenters. The Balaban J connectivity index is 2.70. The Morgan fingerprint density at radius 1 is 1.00 bits per heavy atom. The van der Waals surface area contributed by atoms with E-state index in [1.807, 2.05) is 0 Å². The number of rotatable bonds is 11. The minimum atomic E-state index is -1.42. The largest absolute Gasteiger partial charge is 0.508 e. The van der Waals surface area contributed by atoms with Gasteiger partial charge in [0, 0.05) is 12.8 Å². The summed E-state index contributed by atoms with van der Waals surface area (Å²) < 4.78 is 0. The molecule has 0 aliphatic carbocycles. The van der Waals surface area contributed by atoms with E-state index >= 15 is 0 Å². The SMILES string of the molecule is NC(=O)CCC(N)C(=O)NC(CO)C(=O)NC(Cc1ccc(O)cc1)C(=O)O. The summed E-state index contributed by atoms with van der Waals surface area (Å²) in [4.78, 5) is 46.4. The molecule has 11 heteroatoms. The fourth-order valence-corrected chi connectivity index (χ4v) is 2.24. The van der Waals surface area contributed by atoms with Gasteiger partial charge in [0.15, 0.2) is 0 Å². The molecule has 0 fully saturated rings. The Morgan fingerprint density at radius 3 is 2.07 bits per heavy atom. The van der Waals surface area contributed by atoms with Crippen LogP contribution in [0.25, 0.3) is 0 Å². The zero-order chi connectivity index (χ0) is 21.3. The number of hydrogen-bond acceptors (Lipinski definition) is 7. The molecule has 0 aromatic heterocycles. The van der Waals surface area contributed by atoms with E-state index in [9.17, 15) is 34.5 Å². The lowest BCUT2D eigenvalue weighted by atomic mass is 10.1. The summed E-state index contributed by atoms with van der Waals surface area (Å²) >= 11 is 0. The zero-order valence-electron chi connectivity index (χ0n) is 15.0. The summed E-state index contributed by atoms with van der Waals surface area (Å²) in [6, 6.07) is 1.88. The van der Waals surface area contributed by atoms with Crippen molar-refractivity contribution in [1.29, 1.82) is 0 Å². The molecule has 28 heavy (non-hydrogen) atoms. The van der Waals surface area contributed by atoms with Crippen LogP contribution in [0.4, 0.5) is 0 Å². The van der Waals surface area contributed by atoms with Crippen molar-refractivity contribution in [2.24, 2.45) is 11.5 Å². The first-order chi connectivity index (χ1) is 13.1. The first kappa shape index (κ1) is 22.9. The molecule has 1 aromatic carbocycles. The molecule has 0 bridgehead atoms. The van der Waals surface area contributed by atoms with Crippen molar-refractivity contribution in [3.63, 3.8) is 0 Å². The number of primary amides is 1. The topological polar surface area (TPSA) is 205 Å². The fraction of sp³-hybridized carbons (Fsp3) is 0.412. The molecule has 1 aromatic rings. The molecule has 154 valence electrons. The summed E-state index contributed by atoms with van der Waals surface area (Å²) in [5.41, 5.74) is 11.1. The van der Waals surface area contributed by atoms with Crippen molar-refractivity contribution >= 4 is 23.7 Å². The van der Waals surface area contributed by atoms with Crippen LogP contribution in [0.1, 0.15) is 18.4 Å². The Morgan fingerprint density at radius 2 is 1.57 bits per heavy atom. The van der Waals surface area contributed by atoms with E-state index in [1.165, 1.54) is 24.3 Å². The van der Waals surface area contributed by atoms with Crippen molar-refractivity contribution < 1.29 is 34.5 Å². The number of aromatic hydroxyl groups is 1. The summed E-state index contributed by atoms with van der Waals surface area (Å²) in [6.07, 6.45) is -0.247. The smallest absolute Gasteiger partial charge is 0.326 e. The van der Waals surface area contributed by atoms with Gasteiger partial charge in [-0.1, -0.05) is 12.1 Å². The number of carbonyl (C=O) groups excluding carboxylic acids is 3. The number of phenolic OH excluding ortho intramolecular Hbond substituents is 1. The maximum absolute atomic E-state index is 12.3. The van der Waals surface area contributed by atoms with Gasteiger partial charge in [-0.3, -0.25) is 14.4 Å². The highest BCUT2D eigenvalue weighted by atomic mass is 16.4. The number of hydrogen-bond donors (Lipinski definition) is 7. The van der Waals surface area contributed by atoms with Crippen molar-refractivity contribution in [2.75, 3.05) is 6.61 Å². The van der Waals surface area contributed by atoms with E-state index in [0.29, 0.717) is 5.56 Å². The highest BCUT2D eigenvalue weighted by Gasteiger charge is 2.27. The van der Waals surface area contributed by atoms with Crippen molar-refractivity contribution in [3.05, 3.63) is 29.8 Å². The van der Waals surface area contributed by atoms with E-state index in [4.69, 9.17) is 11.5 Å². The molecular formula is C17H24N4O7. The third-order valence-electron chi connectivity index (χ3n) is 3.84. The molecule has 0 saturated heterocycles. The van der Waals surface area contributed by atoms with Gasteiger partial charge in [0.2, 0.25) is 17.7 Å². The Labute approximate surface area is 160 Å².